The standard InChI is InChI=1S/C17H23NO3S/c1-20-14-3-4-15-13(11-14)5-10-21-17(15)6-8-18(9-7-17)16(19)12-22-2/h3-4,11H,5-10,12H2,1-2H3. The van der Waals surface area contributed by atoms with Gasteiger partial charge in [0.05, 0.1) is 25.1 Å². The van der Waals surface area contributed by atoms with E-state index in [-0.39, 0.29) is 11.5 Å². The van der Waals surface area contributed by atoms with Crippen LogP contribution in [0, 0.1) is 0 Å². The number of carbonyl (C=O) groups is 1. The van der Waals surface area contributed by atoms with Crippen LogP contribution in [0.25, 0.3) is 0 Å². The third-order valence-corrected chi connectivity index (χ3v) is 5.28. The van der Waals surface area contributed by atoms with Crippen LogP contribution in [-0.4, -0.2) is 49.6 Å². The van der Waals surface area contributed by atoms with E-state index in [0.717, 1.165) is 44.7 Å². The predicted molar refractivity (Wildman–Crippen MR) is 88.5 cm³/mol. The maximum atomic E-state index is 12.0. The Morgan fingerprint density at radius 1 is 1.41 bits per heavy atom. The second-order valence-corrected chi connectivity index (χ2v) is 6.80. The first-order chi connectivity index (χ1) is 10.7. The Bertz CT molecular complexity index is 553. The molecule has 22 heavy (non-hydrogen) atoms. The molecule has 3 rings (SSSR count). The molecule has 4 nitrogen and oxygen atoms in total. The van der Waals surface area contributed by atoms with Crippen LogP contribution in [0.5, 0.6) is 5.75 Å². The van der Waals surface area contributed by atoms with Crippen LogP contribution >= 0.6 is 11.8 Å². The van der Waals surface area contributed by atoms with E-state index in [9.17, 15) is 4.79 Å². The maximum absolute atomic E-state index is 12.0. The number of hydrogen-bond donors (Lipinski definition) is 0. The molecule has 0 atom stereocenters. The maximum Gasteiger partial charge on any atom is 0.232 e. The summed E-state index contributed by atoms with van der Waals surface area (Å²) < 4.78 is 11.5. The summed E-state index contributed by atoms with van der Waals surface area (Å²) >= 11 is 1.59. The van der Waals surface area contributed by atoms with Crippen LogP contribution < -0.4 is 4.74 Å². The van der Waals surface area contributed by atoms with Gasteiger partial charge in [0.1, 0.15) is 5.75 Å². The highest BCUT2D eigenvalue weighted by Gasteiger charge is 2.41. The Labute approximate surface area is 136 Å². The van der Waals surface area contributed by atoms with Crippen molar-refractivity contribution in [1.29, 1.82) is 0 Å². The molecule has 120 valence electrons. The quantitative estimate of drug-likeness (QED) is 0.857. The first kappa shape index (κ1) is 15.7. The molecule has 0 bridgehead atoms. The summed E-state index contributed by atoms with van der Waals surface area (Å²) in [5.74, 6) is 1.72. The monoisotopic (exact) mass is 321 g/mol. The molecule has 1 fully saturated rings. The minimum Gasteiger partial charge on any atom is -0.497 e. The molecular formula is C17H23NO3S. The fraction of sp³-hybridized carbons (Fsp3) is 0.588. The minimum absolute atomic E-state index is 0.212. The van der Waals surface area contributed by atoms with Crippen molar-refractivity contribution in [2.75, 3.05) is 38.8 Å². The summed E-state index contributed by atoms with van der Waals surface area (Å²) in [6.45, 7) is 2.31. The SMILES string of the molecule is COc1ccc2c(c1)CCOC21CCN(C(=O)CSC)CC1. The highest BCUT2D eigenvalue weighted by molar-refractivity contribution is 7.99. The van der Waals surface area contributed by atoms with Gasteiger partial charge in [-0.25, -0.2) is 0 Å². The molecular weight excluding hydrogens is 298 g/mol. The molecule has 2 aliphatic rings. The molecule has 1 amide bonds. The highest BCUT2D eigenvalue weighted by atomic mass is 32.2. The lowest BCUT2D eigenvalue weighted by molar-refractivity contribution is -0.138. The molecule has 1 aromatic carbocycles. The number of benzene rings is 1. The highest BCUT2D eigenvalue weighted by Crippen LogP contribution is 2.42. The number of likely N-dealkylation sites (tertiary alicyclic amines) is 1. The molecule has 0 saturated carbocycles. The predicted octanol–water partition coefficient (Wildman–Crippen LogP) is 2.45. The first-order valence-electron chi connectivity index (χ1n) is 7.76. The Morgan fingerprint density at radius 2 is 2.18 bits per heavy atom. The lowest BCUT2D eigenvalue weighted by Gasteiger charge is -2.45. The van der Waals surface area contributed by atoms with Crippen LogP contribution in [0.4, 0.5) is 0 Å². The molecule has 5 heteroatoms. The minimum atomic E-state index is -0.212. The van der Waals surface area contributed by atoms with Gasteiger partial charge in [0.15, 0.2) is 0 Å². The van der Waals surface area contributed by atoms with Gasteiger partial charge in [-0.2, -0.15) is 11.8 Å². The zero-order valence-electron chi connectivity index (χ0n) is 13.3. The topological polar surface area (TPSA) is 38.8 Å². The van der Waals surface area contributed by atoms with Gasteiger partial charge < -0.3 is 14.4 Å². The number of amides is 1. The number of carbonyl (C=O) groups excluding carboxylic acids is 1. The van der Waals surface area contributed by atoms with Crippen molar-refractivity contribution in [3.8, 4) is 5.75 Å². The summed E-state index contributed by atoms with van der Waals surface area (Å²) in [5, 5.41) is 0. The van der Waals surface area contributed by atoms with Gasteiger partial charge in [0.25, 0.3) is 0 Å². The van der Waals surface area contributed by atoms with Crippen molar-refractivity contribution >= 4 is 17.7 Å². The van der Waals surface area contributed by atoms with Crippen molar-refractivity contribution in [1.82, 2.24) is 4.90 Å². The van der Waals surface area contributed by atoms with Crippen molar-refractivity contribution in [2.45, 2.75) is 24.9 Å². The van der Waals surface area contributed by atoms with Gasteiger partial charge in [-0.1, -0.05) is 6.07 Å². The number of thioether (sulfide) groups is 1. The number of nitrogens with zero attached hydrogens (tertiary/aromatic N) is 1. The average Bonchev–Trinajstić information content (AvgIpc) is 2.55. The zero-order valence-corrected chi connectivity index (χ0v) is 14.1. The van der Waals surface area contributed by atoms with Gasteiger partial charge in [0, 0.05) is 13.1 Å². The largest absolute Gasteiger partial charge is 0.497 e. The summed E-state index contributed by atoms with van der Waals surface area (Å²) in [6.07, 6.45) is 4.67. The van der Waals surface area contributed by atoms with E-state index < -0.39 is 0 Å². The Hall–Kier alpha value is -1.20. The van der Waals surface area contributed by atoms with Crippen molar-refractivity contribution in [3.05, 3.63) is 29.3 Å². The van der Waals surface area contributed by atoms with Crippen molar-refractivity contribution in [2.24, 2.45) is 0 Å². The van der Waals surface area contributed by atoms with E-state index in [1.165, 1.54) is 11.1 Å². The number of piperidine rings is 1. The molecule has 1 spiro atoms. The summed E-state index contributed by atoms with van der Waals surface area (Å²) in [7, 11) is 1.70. The normalized spacial score (nSPS) is 19.8. The van der Waals surface area contributed by atoms with Crippen molar-refractivity contribution in [3.63, 3.8) is 0 Å². The molecule has 0 aliphatic carbocycles. The van der Waals surface area contributed by atoms with Crippen molar-refractivity contribution < 1.29 is 14.3 Å². The molecule has 1 aromatic rings. The first-order valence-corrected chi connectivity index (χ1v) is 9.16. The van der Waals surface area contributed by atoms with Crippen LogP contribution in [-0.2, 0) is 21.6 Å². The molecule has 0 N–H and O–H groups in total. The van der Waals surface area contributed by atoms with E-state index in [1.807, 2.05) is 17.2 Å². The van der Waals surface area contributed by atoms with Gasteiger partial charge in [0.2, 0.25) is 5.91 Å². The van der Waals surface area contributed by atoms with Gasteiger partial charge in [-0.3, -0.25) is 4.79 Å². The Balaban J connectivity index is 1.78. The molecule has 2 aliphatic heterocycles. The smallest absolute Gasteiger partial charge is 0.232 e. The third kappa shape index (κ3) is 2.84. The number of hydrogen-bond acceptors (Lipinski definition) is 4. The Kier molecular flexibility index (Phi) is 4.64. The Morgan fingerprint density at radius 3 is 2.86 bits per heavy atom. The second-order valence-electron chi connectivity index (χ2n) is 5.93. The number of ether oxygens (including phenoxy) is 2. The molecule has 0 radical (unpaired) electrons. The van der Waals surface area contributed by atoms with Crippen LogP contribution in [0.1, 0.15) is 24.0 Å². The summed E-state index contributed by atoms with van der Waals surface area (Å²) in [5.41, 5.74) is 2.40. The zero-order chi connectivity index (χ0) is 15.6. The number of methoxy groups -OCH3 is 1. The number of fused-ring (bicyclic) bond motifs is 2. The molecule has 1 saturated heterocycles. The molecule has 2 heterocycles. The summed E-state index contributed by atoms with van der Waals surface area (Å²) in [6, 6.07) is 6.29. The lowest BCUT2D eigenvalue weighted by Crippen LogP contribution is -2.48. The van der Waals surface area contributed by atoms with E-state index in [0.29, 0.717) is 5.75 Å². The fourth-order valence-electron chi connectivity index (χ4n) is 3.53. The van der Waals surface area contributed by atoms with Crippen LogP contribution in [0.15, 0.2) is 18.2 Å². The fourth-order valence-corrected chi connectivity index (χ4v) is 3.96. The average molecular weight is 321 g/mol. The molecule has 0 aromatic heterocycles. The van der Waals surface area contributed by atoms with E-state index in [1.54, 1.807) is 18.9 Å². The van der Waals surface area contributed by atoms with E-state index >= 15 is 0 Å². The second kappa shape index (κ2) is 6.50. The van der Waals surface area contributed by atoms with E-state index in [4.69, 9.17) is 9.47 Å². The van der Waals surface area contributed by atoms with Gasteiger partial charge in [-0.05, 0) is 48.8 Å². The van der Waals surface area contributed by atoms with Gasteiger partial charge >= 0.3 is 0 Å². The van der Waals surface area contributed by atoms with Gasteiger partial charge in [-0.15, -0.1) is 0 Å². The van der Waals surface area contributed by atoms with E-state index in [2.05, 4.69) is 12.1 Å². The number of rotatable bonds is 3. The lowest BCUT2D eigenvalue weighted by atomic mass is 9.79. The van der Waals surface area contributed by atoms with Crippen LogP contribution in [0.2, 0.25) is 0 Å². The van der Waals surface area contributed by atoms with Crippen LogP contribution in [0.3, 0.4) is 0 Å². The molecule has 0 unspecified atom stereocenters. The third-order valence-electron chi connectivity index (χ3n) is 4.74. The summed E-state index contributed by atoms with van der Waals surface area (Å²) in [4.78, 5) is 14.0.